The molecule has 1 fully saturated rings. The summed E-state index contributed by atoms with van der Waals surface area (Å²) in [5.41, 5.74) is 1.42. The van der Waals surface area contributed by atoms with Gasteiger partial charge in [0.05, 0.1) is 11.4 Å². The molecule has 1 aromatic carbocycles. The number of anilines is 1. The molecule has 0 bridgehead atoms. The average Bonchev–Trinajstić information content (AvgIpc) is 2.53. The quantitative estimate of drug-likeness (QED) is 0.921. The van der Waals surface area contributed by atoms with E-state index in [0.717, 1.165) is 43.3 Å². The maximum absolute atomic E-state index is 12.7. The summed E-state index contributed by atoms with van der Waals surface area (Å²) in [6.07, 6.45) is 0. The molecule has 0 atom stereocenters. The van der Waals surface area contributed by atoms with Crippen LogP contribution >= 0.6 is 11.8 Å². The average molecular weight is 333 g/mol. The second kappa shape index (κ2) is 6.93. The third kappa shape index (κ3) is 3.87. The Morgan fingerprint density at radius 2 is 2.00 bits per heavy atom. The first-order valence-electron chi connectivity index (χ1n) is 8.11. The van der Waals surface area contributed by atoms with Gasteiger partial charge >= 0.3 is 0 Å². The van der Waals surface area contributed by atoms with Crippen molar-refractivity contribution in [1.29, 1.82) is 0 Å². The zero-order valence-corrected chi connectivity index (χ0v) is 14.5. The summed E-state index contributed by atoms with van der Waals surface area (Å²) in [5.74, 6) is 1.15. The Balaban J connectivity index is 1.65. The SMILES string of the molecule is CC(C)CN1CCN(C(=O)c2ccc3c(c2)NC(=O)CS3)CC1. The first-order chi connectivity index (χ1) is 11.0. The van der Waals surface area contributed by atoms with E-state index in [2.05, 4.69) is 24.1 Å². The minimum Gasteiger partial charge on any atom is -0.336 e. The maximum atomic E-state index is 12.7. The summed E-state index contributed by atoms with van der Waals surface area (Å²) in [6, 6.07) is 5.61. The summed E-state index contributed by atoms with van der Waals surface area (Å²) >= 11 is 1.52. The van der Waals surface area contributed by atoms with Gasteiger partial charge in [0.2, 0.25) is 5.91 Å². The molecule has 124 valence electrons. The molecule has 0 spiro atoms. The van der Waals surface area contributed by atoms with Crippen molar-refractivity contribution in [2.24, 2.45) is 5.92 Å². The number of hydrogen-bond acceptors (Lipinski definition) is 4. The molecule has 0 aliphatic carbocycles. The van der Waals surface area contributed by atoms with Crippen LogP contribution < -0.4 is 5.32 Å². The summed E-state index contributed by atoms with van der Waals surface area (Å²) < 4.78 is 0. The number of benzene rings is 1. The van der Waals surface area contributed by atoms with Crippen molar-refractivity contribution in [1.82, 2.24) is 9.80 Å². The van der Waals surface area contributed by atoms with Crippen molar-refractivity contribution in [3.05, 3.63) is 23.8 Å². The topological polar surface area (TPSA) is 52.6 Å². The summed E-state index contributed by atoms with van der Waals surface area (Å²) in [5, 5.41) is 2.85. The maximum Gasteiger partial charge on any atom is 0.254 e. The summed E-state index contributed by atoms with van der Waals surface area (Å²) in [6.45, 7) is 8.93. The smallest absolute Gasteiger partial charge is 0.254 e. The van der Waals surface area contributed by atoms with E-state index < -0.39 is 0 Å². The molecule has 0 aromatic heterocycles. The molecule has 2 aliphatic heterocycles. The molecule has 2 aliphatic rings. The first-order valence-corrected chi connectivity index (χ1v) is 9.10. The molecular weight excluding hydrogens is 310 g/mol. The van der Waals surface area contributed by atoms with Crippen LogP contribution in [0.3, 0.4) is 0 Å². The molecule has 1 saturated heterocycles. The lowest BCUT2D eigenvalue weighted by Gasteiger charge is -2.35. The predicted molar refractivity (Wildman–Crippen MR) is 93.0 cm³/mol. The monoisotopic (exact) mass is 333 g/mol. The number of nitrogens with one attached hydrogen (secondary N) is 1. The number of thioether (sulfide) groups is 1. The molecule has 23 heavy (non-hydrogen) atoms. The number of fused-ring (bicyclic) bond motifs is 1. The van der Waals surface area contributed by atoms with Gasteiger partial charge in [0.15, 0.2) is 0 Å². The van der Waals surface area contributed by atoms with E-state index in [1.807, 2.05) is 23.1 Å². The van der Waals surface area contributed by atoms with Crippen molar-refractivity contribution in [3.63, 3.8) is 0 Å². The van der Waals surface area contributed by atoms with Crippen molar-refractivity contribution in [3.8, 4) is 0 Å². The van der Waals surface area contributed by atoms with E-state index in [1.54, 1.807) is 0 Å². The highest BCUT2D eigenvalue weighted by Gasteiger charge is 2.24. The highest BCUT2D eigenvalue weighted by Crippen LogP contribution is 2.32. The molecule has 2 amide bonds. The lowest BCUT2D eigenvalue weighted by molar-refractivity contribution is -0.113. The van der Waals surface area contributed by atoms with Gasteiger partial charge in [0.25, 0.3) is 5.91 Å². The molecule has 0 unspecified atom stereocenters. The van der Waals surface area contributed by atoms with E-state index in [9.17, 15) is 9.59 Å². The van der Waals surface area contributed by atoms with Crippen molar-refractivity contribution < 1.29 is 9.59 Å². The second-order valence-corrected chi connectivity index (χ2v) is 7.55. The van der Waals surface area contributed by atoms with Gasteiger partial charge in [-0.25, -0.2) is 0 Å². The molecule has 3 rings (SSSR count). The van der Waals surface area contributed by atoms with Crippen LogP contribution in [0.15, 0.2) is 23.1 Å². The lowest BCUT2D eigenvalue weighted by Crippen LogP contribution is -2.49. The summed E-state index contributed by atoms with van der Waals surface area (Å²) in [4.78, 5) is 29.5. The van der Waals surface area contributed by atoms with Crippen LogP contribution in [0.2, 0.25) is 0 Å². The van der Waals surface area contributed by atoms with Crippen LogP contribution in [-0.2, 0) is 4.79 Å². The third-order valence-corrected chi connectivity index (χ3v) is 5.22. The van der Waals surface area contributed by atoms with Crippen molar-refractivity contribution in [2.75, 3.05) is 43.8 Å². The van der Waals surface area contributed by atoms with Crippen LogP contribution in [0.25, 0.3) is 0 Å². The molecular formula is C17H23N3O2S. The highest BCUT2D eigenvalue weighted by atomic mass is 32.2. The Morgan fingerprint density at radius 3 is 2.70 bits per heavy atom. The van der Waals surface area contributed by atoms with E-state index in [1.165, 1.54) is 11.8 Å². The van der Waals surface area contributed by atoms with E-state index >= 15 is 0 Å². The normalized spacial score (nSPS) is 18.7. The molecule has 0 radical (unpaired) electrons. The van der Waals surface area contributed by atoms with Gasteiger partial charge in [-0.15, -0.1) is 11.8 Å². The largest absolute Gasteiger partial charge is 0.336 e. The highest BCUT2D eigenvalue weighted by molar-refractivity contribution is 8.00. The molecule has 0 saturated carbocycles. The zero-order valence-electron chi connectivity index (χ0n) is 13.7. The van der Waals surface area contributed by atoms with Crippen LogP contribution in [0.4, 0.5) is 5.69 Å². The third-order valence-electron chi connectivity index (χ3n) is 4.14. The van der Waals surface area contributed by atoms with Gasteiger partial charge in [-0.05, 0) is 24.1 Å². The fourth-order valence-electron chi connectivity index (χ4n) is 3.05. The van der Waals surface area contributed by atoms with E-state index in [0.29, 0.717) is 17.2 Å². The fraction of sp³-hybridized carbons (Fsp3) is 0.529. The van der Waals surface area contributed by atoms with Crippen LogP contribution in [0.5, 0.6) is 0 Å². The molecule has 1 N–H and O–H groups in total. The molecule has 2 heterocycles. The minimum atomic E-state index is -0.00519. The Hall–Kier alpha value is -1.53. The van der Waals surface area contributed by atoms with E-state index in [4.69, 9.17) is 0 Å². The Bertz CT molecular complexity index is 610. The molecule has 1 aromatic rings. The molecule has 5 nitrogen and oxygen atoms in total. The number of rotatable bonds is 3. The van der Waals surface area contributed by atoms with Gasteiger partial charge in [-0.2, -0.15) is 0 Å². The standard InChI is InChI=1S/C17H23N3O2S/c1-12(2)10-19-5-7-20(8-6-19)17(22)13-3-4-15-14(9-13)18-16(21)11-23-15/h3-4,9,12H,5-8,10-11H2,1-2H3,(H,18,21). The number of piperazine rings is 1. The zero-order chi connectivity index (χ0) is 16.4. The van der Waals surface area contributed by atoms with Gasteiger partial charge in [-0.1, -0.05) is 13.8 Å². The second-order valence-electron chi connectivity index (χ2n) is 6.53. The first kappa shape index (κ1) is 16.3. The Kier molecular flexibility index (Phi) is 4.92. The van der Waals surface area contributed by atoms with Crippen LogP contribution in [0, 0.1) is 5.92 Å². The molecule has 6 heteroatoms. The van der Waals surface area contributed by atoms with Gasteiger partial charge in [0, 0.05) is 43.2 Å². The van der Waals surface area contributed by atoms with Crippen molar-refractivity contribution in [2.45, 2.75) is 18.7 Å². The van der Waals surface area contributed by atoms with Crippen LogP contribution in [0.1, 0.15) is 24.2 Å². The summed E-state index contributed by atoms with van der Waals surface area (Å²) in [7, 11) is 0. The van der Waals surface area contributed by atoms with Gasteiger partial charge in [-0.3, -0.25) is 14.5 Å². The number of nitrogens with zero attached hydrogens (tertiary/aromatic N) is 2. The van der Waals surface area contributed by atoms with E-state index in [-0.39, 0.29) is 11.8 Å². The van der Waals surface area contributed by atoms with Gasteiger partial charge in [0.1, 0.15) is 0 Å². The minimum absolute atomic E-state index is 0.00519. The number of hydrogen-bond donors (Lipinski definition) is 1. The van der Waals surface area contributed by atoms with Gasteiger partial charge < -0.3 is 10.2 Å². The Morgan fingerprint density at radius 1 is 1.26 bits per heavy atom. The van der Waals surface area contributed by atoms with Crippen molar-refractivity contribution >= 4 is 29.3 Å². The number of carbonyl (C=O) groups is 2. The Labute approximate surface area is 141 Å². The fourth-order valence-corrected chi connectivity index (χ4v) is 3.84. The van der Waals surface area contributed by atoms with Crippen LogP contribution in [-0.4, -0.2) is 60.1 Å². The number of carbonyl (C=O) groups excluding carboxylic acids is 2. The predicted octanol–water partition coefficient (Wildman–Crippen LogP) is 2.14. The lowest BCUT2D eigenvalue weighted by atomic mass is 10.1. The number of amides is 2.